The Hall–Kier alpha value is -2.33. The second-order valence-electron chi connectivity index (χ2n) is 7.87. The fraction of sp³-hybridized carbons (Fsp3) is 0.458. The Balaban J connectivity index is 1.31. The van der Waals surface area contributed by atoms with Gasteiger partial charge in [0.15, 0.2) is 0 Å². The van der Waals surface area contributed by atoms with Crippen LogP contribution in [-0.2, 0) is 24.3 Å². The molecule has 0 radical (unpaired) electrons. The van der Waals surface area contributed by atoms with Gasteiger partial charge in [-0.2, -0.15) is 0 Å². The summed E-state index contributed by atoms with van der Waals surface area (Å²) in [4.78, 5) is 17.6. The third-order valence-electron chi connectivity index (χ3n) is 6.05. The van der Waals surface area contributed by atoms with Crippen molar-refractivity contribution in [3.8, 4) is 5.75 Å². The van der Waals surface area contributed by atoms with Gasteiger partial charge in [-0.15, -0.1) is 0 Å². The van der Waals surface area contributed by atoms with Crippen molar-refractivity contribution in [1.29, 1.82) is 0 Å². The Kier molecular flexibility index (Phi) is 5.96. The number of fused-ring (bicyclic) bond motifs is 1. The van der Waals surface area contributed by atoms with E-state index < -0.39 is 0 Å². The molecule has 0 atom stereocenters. The molecule has 2 aromatic rings. The molecule has 1 amide bonds. The van der Waals surface area contributed by atoms with Crippen molar-refractivity contribution < 1.29 is 9.53 Å². The Bertz CT molecular complexity index is 812. The van der Waals surface area contributed by atoms with Crippen LogP contribution in [0.3, 0.4) is 0 Å². The summed E-state index contributed by atoms with van der Waals surface area (Å²) in [5, 5.41) is 0. The Morgan fingerprint density at radius 1 is 1.00 bits per heavy atom. The van der Waals surface area contributed by atoms with Gasteiger partial charge in [0.05, 0.1) is 6.61 Å². The number of piperidine rings is 1. The average Bonchev–Trinajstić information content (AvgIpc) is 2.75. The molecule has 0 N–H and O–H groups in total. The van der Waals surface area contributed by atoms with Crippen molar-refractivity contribution in [3.05, 3.63) is 65.2 Å². The van der Waals surface area contributed by atoms with E-state index in [0.717, 1.165) is 57.7 Å². The second kappa shape index (κ2) is 8.78. The molecule has 0 saturated carbocycles. The van der Waals surface area contributed by atoms with Gasteiger partial charge in [0.1, 0.15) is 5.75 Å². The van der Waals surface area contributed by atoms with E-state index in [2.05, 4.69) is 46.2 Å². The molecule has 2 aromatic carbocycles. The first-order valence-electron chi connectivity index (χ1n) is 10.5. The smallest absolute Gasteiger partial charge is 0.226 e. The lowest BCUT2D eigenvalue weighted by atomic mass is 9.93. The molecule has 4 rings (SSSR count). The summed E-state index contributed by atoms with van der Waals surface area (Å²) in [5.74, 6) is 1.50. The number of rotatable bonds is 5. The molecule has 4 nitrogen and oxygen atoms in total. The zero-order chi connectivity index (χ0) is 19.3. The van der Waals surface area contributed by atoms with Gasteiger partial charge in [-0.25, -0.2) is 0 Å². The predicted octanol–water partition coefficient (Wildman–Crippen LogP) is 3.88. The van der Waals surface area contributed by atoms with E-state index in [1.807, 2.05) is 19.1 Å². The summed E-state index contributed by atoms with van der Waals surface area (Å²) in [7, 11) is 0. The fourth-order valence-electron chi connectivity index (χ4n) is 4.45. The highest BCUT2D eigenvalue weighted by Gasteiger charge is 2.30. The summed E-state index contributed by atoms with van der Waals surface area (Å²) < 4.78 is 5.76. The molecule has 1 saturated heterocycles. The van der Waals surface area contributed by atoms with Crippen molar-refractivity contribution >= 4 is 5.91 Å². The van der Waals surface area contributed by atoms with E-state index in [4.69, 9.17) is 4.74 Å². The van der Waals surface area contributed by atoms with E-state index in [9.17, 15) is 4.79 Å². The number of amides is 1. The number of hydrogen-bond acceptors (Lipinski definition) is 3. The van der Waals surface area contributed by atoms with Crippen LogP contribution in [0.15, 0.2) is 48.5 Å². The largest absolute Gasteiger partial charge is 0.494 e. The second-order valence-corrected chi connectivity index (χ2v) is 7.87. The molecule has 0 aliphatic carbocycles. The zero-order valence-corrected chi connectivity index (χ0v) is 16.8. The van der Waals surface area contributed by atoms with Gasteiger partial charge in [0.2, 0.25) is 5.91 Å². The minimum atomic E-state index is 0.170. The Labute approximate surface area is 168 Å². The van der Waals surface area contributed by atoms with E-state index in [1.54, 1.807) is 0 Å². The summed E-state index contributed by atoms with van der Waals surface area (Å²) in [6, 6.07) is 16.8. The molecule has 0 aromatic heterocycles. The monoisotopic (exact) mass is 378 g/mol. The molecular formula is C24H30N2O2. The Morgan fingerprint density at radius 3 is 2.50 bits per heavy atom. The number of hydrogen-bond donors (Lipinski definition) is 0. The molecular weight excluding hydrogens is 348 g/mol. The molecule has 0 bridgehead atoms. The number of para-hydroxylation sites is 1. The maximum atomic E-state index is 13.1. The molecule has 2 aliphatic heterocycles. The lowest BCUT2D eigenvalue weighted by Crippen LogP contribution is -2.44. The van der Waals surface area contributed by atoms with Crippen molar-refractivity contribution in [3.63, 3.8) is 0 Å². The van der Waals surface area contributed by atoms with Gasteiger partial charge in [-0.05, 0) is 56.5 Å². The van der Waals surface area contributed by atoms with Crippen LogP contribution < -0.4 is 4.74 Å². The lowest BCUT2D eigenvalue weighted by molar-refractivity contribution is -0.138. The van der Waals surface area contributed by atoms with E-state index in [-0.39, 0.29) is 5.92 Å². The first-order valence-corrected chi connectivity index (χ1v) is 10.5. The average molecular weight is 379 g/mol. The van der Waals surface area contributed by atoms with Crippen LogP contribution in [0.25, 0.3) is 0 Å². The van der Waals surface area contributed by atoms with Crippen LogP contribution in [0.5, 0.6) is 5.75 Å². The van der Waals surface area contributed by atoms with Gasteiger partial charge >= 0.3 is 0 Å². The van der Waals surface area contributed by atoms with E-state index >= 15 is 0 Å². The quantitative estimate of drug-likeness (QED) is 0.791. The van der Waals surface area contributed by atoms with Gasteiger partial charge in [0.25, 0.3) is 0 Å². The molecule has 1 fully saturated rings. The molecule has 2 aliphatic rings. The lowest BCUT2D eigenvalue weighted by Gasteiger charge is -2.36. The van der Waals surface area contributed by atoms with Crippen molar-refractivity contribution in [2.45, 2.75) is 39.3 Å². The highest BCUT2D eigenvalue weighted by atomic mass is 16.5. The van der Waals surface area contributed by atoms with Gasteiger partial charge in [0, 0.05) is 31.1 Å². The maximum Gasteiger partial charge on any atom is 0.226 e. The maximum absolute atomic E-state index is 13.1. The highest BCUT2D eigenvalue weighted by Crippen LogP contribution is 2.27. The van der Waals surface area contributed by atoms with Crippen LogP contribution in [0.4, 0.5) is 0 Å². The van der Waals surface area contributed by atoms with Gasteiger partial charge in [-0.1, -0.05) is 42.5 Å². The number of carbonyl (C=O) groups is 1. The number of likely N-dealkylation sites (tertiary alicyclic amines) is 1. The molecule has 2 heterocycles. The van der Waals surface area contributed by atoms with Crippen LogP contribution in [-0.4, -0.2) is 41.9 Å². The third kappa shape index (κ3) is 4.22. The van der Waals surface area contributed by atoms with E-state index in [1.165, 1.54) is 16.7 Å². The van der Waals surface area contributed by atoms with Gasteiger partial charge < -0.3 is 9.64 Å². The van der Waals surface area contributed by atoms with Crippen LogP contribution in [0, 0.1) is 5.92 Å². The molecule has 4 heteroatoms. The normalized spacial score (nSPS) is 18.0. The molecule has 0 spiro atoms. The summed E-state index contributed by atoms with van der Waals surface area (Å²) in [6.07, 6.45) is 2.89. The first-order chi connectivity index (χ1) is 13.7. The summed E-state index contributed by atoms with van der Waals surface area (Å²) >= 11 is 0. The van der Waals surface area contributed by atoms with Gasteiger partial charge in [-0.3, -0.25) is 9.69 Å². The number of benzene rings is 2. The minimum absolute atomic E-state index is 0.170. The number of nitrogens with zero attached hydrogens (tertiary/aromatic N) is 2. The van der Waals surface area contributed by atoms with Crippen LogP contribution >= 0.6 is 0 Å². The SMILES string of the molecule is CCOc1ccccc1CN1CCC(C(=O)N2CCc3ccccc3C2)CC1. The topological polar surface area (TPSA) is 32.8 Å². The highest BCUT2D eigenvalue weighted by molar-refractivity contribution is 5.79. The predicted molar refractivity (Wildman–Crippen MR) is 111 cm³/mol. The first kappa shape index (κ1) is 19.0. The van der Waals surface area contributed by atoms with Crippen molar-refractivity contribution in [2.75, 3.05) is 26.2 Å². The summed E-state index contributed by atoms with van der Waals surface area (Å²) in [5.41, 5.74) is 3.95. The van der Waals surface area contributed by atoms with Crippen LogP contribution in [0.1, 0.15) is 36.5 Å². The standard InChI is InChI=1S/C24H30N2O2/c1-2-28-23-10-6-5-9-22(23)17-25-14-11-20(12-15-25)24(27)26-16-13-19-7-3-4-8-21(19)18-26/h3-10,20H,2,11-18H2,1H3. The zero-order valence-electron chi connectivity index (χ0n) is 16.8. The summed E-state index contributed by atoms with van der Waals surface area (Å²) in [6.45, 7) is 7.19. The van der Waals surface area contributed by atoms with Crippen LogP contribution in [0.2, 0.25) is 0 Å². The van der Waals surface area contributed by atoms with Crippen molar-refractivity contribution in [2.24, 2.45) is 5.92 Å². The molecule has 148 valence electrons. The number of ether oxygens (including phenoxy) is 1. The van der Waals surface area contributed by atoms with E-state index in [0.29, 0.717) is 12.5 Å². The third-order valence-corrected chi connectivity index (χ3v) is 6.05. The molecule has 0 unspecified atom stereocenters. The van der Waals surface area contributed by atoms with Crippen molar-refractivity contribution in [1.82, 2.24) is 9.80 Å². The fourth-order valence-corrected chi connectivity index (χ4v) is 4.45. The Morgan fingerprint density at radius 2 is 1.71 bits per heavy atom. The molecule has 28 heavy (non-hydrogen) atoms. The number of carbonyl (C=O) groups excluding carboxylic acids is 1. The minimum Gasteiger partial charge on any atom is -0.494 e.